The van der Waals surface area contributed by atoms with Gasteiger partial charge in [0.25, 0.3) is 0 Å². The largest absolute Gasteiger partial charge is 0.497 e. The van der Waals surface area contributed by atoms with Crippen molar-refractivity contribution in [3.8, 4) is 5.75 Å². The maximum atomic E-state index is 5.46. The second-order valence-electron chi connectivity index (χ2n) is 7.24. The lowest BCUT2D eigenvalue weighted by molar-refractivity contribution is 0.172. The molecule has 1 saturated heterocycles. The minimum atomic E-state index is 0.777. The van der Waals surface area contributed by atoms with E-state index in [9.17, 15) is 0 Å². The fourth-order valence-corrected chi connectivity index (χ4v) is 3.89. The first kappa shape index (κ1) is 17.1. The molecule has 2 heterocycles. The van der Waals surface area contributed by atoms with Gasteiger partial charge in [-0.1, -0.05) is 35.5 Å². The Morgan fingerprint density at radius 1 is 1.12 bits per heavy atom. The van der Waals surface area contributed by atoms with Crippen LogP contribution in [0.25, 0.3) is 11.0 Å². The molecule has 136 valence electrons. The number of fused-ring (bicyclic) bond motifs is 1. The van der Waals surface area contributed by atoms with E-state index in [1.54, 1.807) is 7.11 Å². The summed E-state index contributed by atoms with van der Waals surface area (Å²) in [6.45, 7) is 3.45. The van der Waals surface area contributed by atoms with E-state index < -0.39 is 0 Å². The van der Waals surface area contributed by atoms with Gasteiger partial charge < -0.3 is 9.26 Å². The van der Waals surface area contributed by atoms with Gasteiger partial charge in [0.05, 0.1) is 12.8 Å². The molecule has 1 aliphatic rings. The highest BCUT2D eigenvalue weighted by molar-refractivity contribution is 5.81. The first-order valence-electron chi connectivity index (χ1n) is 9.50. The predicted molar refractivity (Wildman–Crippen MR) is 103 cm³/mol. The SMILES string of the molecule is COc1ccc2onc(CCC3CCN(Cc4ccccc4)CC3)c2c1. The quantitative estimate of drug-likeness (QED) is 0.647. The van der Waals surface area contributed by atoms with Gasteiger partial charge in [0.15, 0.2) is 5.58 Å². The van der Waals surface area contributed by atoms with E-state index in [4.69, 9.17) is 9.26 Å². The molecule has 3 aromatic rings. The fourth-order valence-electron chi connectivity index (χ4n) is 3.89. The van der Waals surface area contributed by atoms with E-state index in [0.717, 1.165) is 41.3 Å². The molecule has 1 aromatic heterocycles. The van der Waals surface area contributed by atoms with Crippen LogP contribution in [0.1, 0.15) is 30.5 Å². The zero-order valence-electron chi connectivity index (χ0n) is 15.4. The molecule has 0 unspecified atom stereocenters. The van der Waals surface area contributed by atoms with Crippen molar-refractivity contribution >= 4 is 11.0 Å². The molecule has 0 aliphatic carbocycles. The van der Waals surface area contributed by atoms with Crippen molar-refractivity contribution in [1.82, 2.24) is 10.1 Å². The summed E-state index contributed by atoms with van der Waals surface area (Å²) in [5.41, 5.74) is 3.32. The lowest BCUT2D eigenvalue weighted by Crippen LogP contribution is -2.33. The Morgan fingerprint density at radius 3 is 2.69 bits per heavy atom. The van der Waals surface area contributed by atoms with Crippen LogP contribution in [0.15, 0.2) is 53.1 Å². The van der Waals surface area contributed by atoms with Gasteiger partial charge in [-0.15, -0.1) is 0 Å². The number of benzene rings is 2. The summed E-state index contributed by atoms with van der Waals surface area (Å²) < 4.78 is 10.8. The second kappa shape index (κ2) is 7.92. The zero-order valence-corrected chi connectivity index (χ0v) is 15.4. The third kappa shape index (κ3) is 3.91. The van der Waals surface area contributed by atoms with Gasteiger partial charge >= 0.3 is 0 Å². The van der Waals surface area contributed by atoms with E-state index in [2.05, 4.69) is 40.4 Å². The van der Waals surface area contributed by atoms with E-state index in [1.807, 2.05) is 18.2 Å². The highest BCUT2D eigenvalue weighted by Gasteiger charge is 2.20. The Morgan fingerprint density at radius 2 is 1.92 bits per heavy atom. The Labute approximate surface area is 154 Å². The van der Waals surface area contributed by atoms with Crippen LogP contribution in [0.3, 0.4) is 0 Å². The maximum Gasteiger partial charge on any atom is 0.167 e. The molecule has 0 bridgehead atoms. The summed E-state index contributed by atoms with van der Waals surface area (Å²) in [6.07, 6.45) is 4.69. The molecule has 26 heavy (non-hydrogen) atoms. The first-order valence-corrected chi connectivity index (χ1v) is 9.50. The van der Waals surface area contributed by atoms with Crippen molar-refractivity contribution in [2.45, 2.75) is 32.2 Å². The number of methoxy groups -OCH3 is 1. The summed E-state index contributed by atoms with van der Waals surface area (Å²) in [5, 5.41) is 5.37. The molecule has 0 saturated carbocycles. The third-order valence-corrected chi connectivity index (χ3v) is 5.50. The molecular weight excluding hydrogens is 324 g/mol. The van der Waals surface area contributed by atoms with E-state index >= 15 is 0 Å². The molecule has 4 heteroatoms. The van der Waals surface area contributed by atoms with Crippen LogP contribution in [-0.4, -0.2) is 30.3 Å². The van der Waals surface area contributed by atoms with Crippen molar-refractivity contribution in [3.05, 3.63) is 59.8 Å². The zero-order chi connectivity index (χ0) is 17.8. The average molecular weight is 350 g/mol. The van der Waals surface area contributed by atoms with Gasteiger partial charge in [0, 0.05) is 11.9 Å². The predicted octanol–water partition coefficient (Wildman–Crippen LogP) is 4.68. The second-order valence-corrected chi connectivity index (χ2v) is 7.24. The molecule has 0 spiro atoms. The Bertz CT molecular complexity index is 836. The first-order chi connectivity index (χ1) is 12.8. The molecule has 0 atom stereocenters. The summed E-state index contributed by atoms with van der Waals surface area (Å²) in [4.78, 5) is 2.57. The minimum Gasteiger partial charge on any atom is -0.497 e. The number of aromatic nitrogens is 1. The van der Waals surface area contributed by atoms with Crippen LogP contribution >= 0.6 is 0 Å². The number of piperidine rings is 1. The van der Waals surface area contributed by atoms with Crippen LogP contribution < -0.4 is 4.74 Å². The molecule has 4 nitrogen and oxygen atoms in total. The van der Waals surface area contributed by atoms with Crippen molar-refractivity contribution in [1.29, 1.82) is 0 Å². The highest BCUT2D eigenvalue weighted by Crippen LogP contribution is 2.28. The van der Waals surface area contributed by atoms with Crippen LogP contribution in [0.5, 0.6) is 5.75 Å². The van der Waals surface area contributed by atoms with Crippen molar-refractivity contribution in [2.75, 3.05) is 20.2 Å². The minimum absolute atomic E-state index is 0.777. The highest BCUT2D eigenvalue weighted by atomic mass is 16.5. The summed E-state index contributed by atoms with van der Waals surface area (Å²) in [5.74, 6) is 1.63. The van der Waals surface area contributed by atoms with E-state index in [0.29, 0.717) is 0 Å². The van der Waals surface area contributed by atoms with E-state index in [-0.39, 0.29) is 0 Å². The lowest BCUT2D eigenvalue weighted by Gasteiger charge is -2.31. The van der Waals surface area contributed by atoms with Crippen molar-refractivity contribution in [3.63, 3.8) is 0 Å². The lowest BCUT2D eigenvalue weighted by atomic mass is 9.91. The molecule has 2 aromatic carbocycles. The fraction of sp³-hybridized carbons (Fsp3) is 0.409. The van der Waals surface area contributed by atoms with Crippen LogP contribution in [-0.2, 0) is 13.0 Å². The normalized spacial score (nSPS) is 16.2. The maximum absolute atomic E-state index is 5.46. The molecule has 0 N–H and O–H groups in total. The van der Waals surface area contributed by atoms with E-state index in [1.165, 1.54) is 37.9 Å². The Kier molecular flexibility index (Phi) is 5.21. The van der Waals surface area contributed by atoms with Gasteiger partial charge in [0.2, 0.25) is 0 Å². The van der Waals surface area contributed by atoms with Crippen molar-refractivity contribution in [2.24, 2.45) is 5.92 Å². The number of hydrogen-bond acceptors (Lipinski definition) is 4. The smallest absolute Gasteiger partial charge is 0.167 e. The Hall–Kier alpha value is -2.33. The number of likely N-dealkylation sites (tertiary alicyclic amines) is 1. The summed E-state index contributed by atoms with van der Waals surface area (Å²) in [7, 11) is 1.69. The molecule has 4 rings (SSSR count). The van der Waals surface area contributed by atoms with Crippen molar-refractivity contribution < 1.29 is 9.26 Å². The van der Waals surface area contributed by atoms with Gasteiger partial charge in [-0.2, -0.15) is 0 Å². The van der Waals surface area contributed by atoms with Gasteiger partial charge in [-0.25, -0.2) is 0 Å². The topological polar surface area (TPSA) is 38.5 Å². The summed E-state index contributed by atoms with van der Waals surface area (Å²) in [6, 6.07) is 16.7. The van der Waals surface area contributed by atoms with Crippen LogP contribution in [0.4, 0.5) is 0 Å². The third-order valence-electron chi connectivity index (χ3n) is 5.50. The number of ether oxygens (including phenoxy) is 1. The molecule has 0 radical (unpaired) electrons. The Balaban J connectivity index is 1.30. The summed E-state index contributed by atoms with van der Waals surface area (Å²) >= 11 is 0. The van der Waals surface area contributed by atoms with Gasteiger partial charge in [-0.3, -0.25) is 4.90 Å². The number of aryl methyl sites for hydroxylation is 1. The monoisotopic (exact) mass is 350 g/mol. The van der Waals surface area contributed by atoms with Crippen LogP contribution in [0, 0.1) is 5.92 Å². The molecule has 0 amide bonds. The standard InChI is InChI=1S/C22H26N2O2/c1-25-19-8-10-22-20(15-19)21(23-26-22)9-7-17-11-13-24(14-12-17)16-18-5-3-2-4-6-18/h2-6,8,10,15,17H,7,9,11-14,16H2,1H3. The van der Waals surface area contributed by atoms with Gasteiger partial charge in [0.1, 0.15) is 5.75 Å². The molecule has 1 aliphatic heterocycles. The van der Waals surface area contributed by atoms with Gasteiger partial charge in [-0.05, 0) is 68.5 Å². The van der Waals surface area contributed by atoms with Crippen LogP contribution in [0.2, 0.25) is 0 Å². The number of rotatable bonds is 6. The number of hydrogen-bond donors (Lipinski definition) is 0. The molecular formula is C22H26N2O2. The molecule has 1 fully saturated rings. The average Bonchev–Trinajstić information content (AvgIpc) is 3.10. The number of nitrogens with zero attached hydrogens (tertiary/aromatic N) is 2.